The average Bonchev–Trinajstić information content (AvgIpc) is 1.39. The van der Waals surface area contributed by atoms with Crippen LogP contribution < -0.4 is 11.2 Å². The molecule has 0 aliphatic carbocycles. The number of ether oxygens (including phenoxy) is 1. The molecule has 0 spiro atoms. The van der Waals surface area contributed by atoms with Crippen molar-refractivity contribution < 1.29 is 224 Å². The van der Waals surface area contributed by atoms with Crippen LogP contribution in [0.3, 0.4) is 0 Å². The third-order valence-electron chi connectivity index (χ3n) is 23.0. The molecule has 1 saturated heterocycles. The van der Waals surface area contributed by atoms with Gasteiger partial charge in [-0.25, -0.2) is 87.4 Å². The molecule has 3 N–H and O–H groups in total. The molecule has 138 heavy (non-hydrogen) atoms. The number of H-pyrrole nitrogens is 3. The zero-order chi connectivity index (χ0) is 106. The number of fused-ring (bicyclic) bond motifs is 20. The molecule has 0 radical (unpaired) electrons. The van der Waals surface area contributed by atoms with E-state index in [0.29, 0.717) is 21.8 Å². The van der Waals surface area contributed by atoms with Gasteiger partial charge in [0.15, 0.2) is 39.9 Å². The number of benzene rings is 4. The fourth-order valence-electron chi connectivity index (χ4n) is 14.1. The predicted molar refractivity (Wildman–Crippen MR) is 376 cm³/mol. The second-order valence-electron chi connectivity index (χ2n) is 33.5. The molecule has 8 aromatic rings. The van der Waals surface area contributed by atoms with Crippen molar-refractivity contribution in [1.29, 1.82) is 0 Å². The number of aromatic nitrogens is 10. The summed E-state index contributed by atoms with van der Waals surface area (Å²) in [7, 11) is -5.66. The maximum Gasteiger partial charge on any atom is 0.436 e. The van der Waals surface area contributed by atoms with E-state index in [-0.39, 0.29) is 25.2 Å². The van der Waals surface area contributed by atoms with E-state index >= 15 is 211 Å². The summed E-state index contributed by atoms with van der Waals surface area (Å²) in [5.74, 6) is -38.8. The zero-order valence-electron chi connectivity index (χ0n) is 68.3. The number of aromatic amines is 3. The summed E-state index contributed by atoms with van der Waals surface area (Å²) < 4.78 is 772. The van der Waals surface area contributed by atoms with Gasteiger partial charge in [0.1, 0.15) is 75.4 Å². The van der Waals surface area contributed by atoms with E-state index in [2.05, 4.69) is 41.7 Å². The minimum Gasteiger partial charge on any atom is -0.414 e. The summed E-state index contributed by atoms with van der Waals surface area (Å²) >= 11 is 0. The molecule has 65 heteroatoms. The first kappa shape index (κ1) is 108. The molecule has 8 bridgehead atoms. The van der Waals surface area contributed by atoms with Gasteiger partial charge in [-0.15, -0.1) is 0 Å². The Kier molecular flexibility index (Phi) is 25.0. The minimum atomic E-state index is -8.92. The summed E-state index contributed by atoms with van der Waals surface area (Å²) in [4.78, 5) is 47.7. The molecule has 0 saturated carbocycles. The quantitative estimate of drug-likeness (QED) is 0.0599. The molecule has 1 fully saturated rings. The number of halogens is 48. The van der Waals surface area contributed by atoms with Crippen LogP contribution >= 0.6 is 0 Å². The fraction of sp³-hybridized carbons (Fsp3) is 0.479. The maximum absolute atomic E-state index is 18.1. The highest BCUT2D eigenvalue weighted by Gasteiger charge is 2.86. The van der Waals surface area contributed by atoms with Gasteiger partial charge in [0.05, 0.1) is 79.1 Å². The molecule has 11 rings (SSSR count). The van der Waals surface area contributed by atoms with Crippen LogP contribution in [0.25, 0.3) is 89.7 Å². The number of hydrogen-bond donors (Lipinski definition) is 3. The van der Waals surface area contributed by atoms with E-state index in [1.807, 2.05) is 20.8 Å². The van der Waals surface area contributed by atoms with E-state index in [4.69, 9.17) is 13.6 Å². The summed E-state index contributed by atoms with van der Waals surface area (Å²) in [5.41, 5.74) is -117. The fourth-order valence-corrected chi connectivity index (χ4v) is 16.5. The van der Waals surface area contributed by atoms with Crippen molar-refractivity contribution >= 4 is 60.8 Å². The first-order valence-corrected chi connectivity index (χ1v) is 42.7. The Labute approximate surface area is 732 Å². The third kappa shape index (κ3) is 16.0. The standard InChI is InChI=1S/C73H44F48N10O5Si2/c1-54(2,3)137(7,8)134-18-24-23(136-138(9,10)55(4,5)6)16-25(135-24)131-17-20(52(132)130-53(131)133)13-11-19-12-14-21-22(15-19)45-122-44(21)123-46-26-28(40(76)34(58(82,66(98,99)100)67(101,102)103)32(38(26)74)56(80,62(86,87)88)63(89,90)91)48(125-46)127-50-30-31(43(79)37(61(85,72(116,117)118)73(119,120)121)36(42(30)78)60(84,70(110,111)112)71(113,114)115)51(129-50)128-49-29-27(47(124-45)126-49)39(75)33(57(81,64(92,93)94)65(95,96)97)35(41(29)77)59(83,68(104,105)106)69(107,108)109/h12,14-15,17,23-25H,16,18H2,1-10H3,(H,130,132,133)(H2,122,123,124,125,126,127,128,129)/t23-,24+,25+/m0/s1. The van der Waals surface area contributed by atoms with Crippen molar-refractivity contribution in [2.75, 3.05) is 6.61 Å². The Balaban J connectivity index is 1.46. The molecular formula is C73H44F48N10O5Si2. The van der Waals surface area contributed by atoms with Gasteiger partial charge in [-0.05, 0) is 54.5 Å². The van der Waals surface area contributed by atoms with Crippen molar-refractivity contribution in [2.45, 2.75) is 211 Å². The number of nitrogens with one attached hydrogen (secondary N) is 3. The van der Waals surface area contributed by atoms with E-state index in [1.54, 1.807) is 51.9 Å². The lowest BCUT2D eigenvalue weighted by molar-refractivity contribution is -0.361. The maximum atomic E-state index is 18.1. The molecule has 4 aromatic carbocycles. The van der Waals surface area contributed by atoms with Gasteiger partial charge < -0.3 is 23.6 Å². The number of hydrogen-bond acceptors (Lipinski definition) is 11. The van der Waals surface area contributed by atoms with Gasteiger partial charge in [0.25, 0.3) is 5.56 Å². The first-order valence-electron chi connectivity index (χ1n) is 36.9. The van der Waals surface area contributed by atoms with Crippen molar-refractivity contribution in [2.24, 2.45) is 0 Å². The number of rotatable bonds is 12. The van der Waals surface area contributed by atoms with E-state index in [0.717, 1.165) is 0 Å². The third-order valence-corrected chi connectivity index (χ3v) is 32.0. The number of alkyl halides is 42. The van der Waals surface area contributed by atoms with Gasteiger partial charge in [0, 0.05) is 29.0 Å². The zero-order valence-corrected chi connectivity index (χ0v) is 70.3. The Morgan fingerprint density at radius 3 is 0.935 bits per heavy atom. The molecule has 0 amide bonds. The van der Waals surface area contributed by atoms with Crippen LogP contribution in [0.1, 0.15) is 98.7 Å². The van der Waals surface area contributed by atoms with Crippen LogP contribution in [0.4, 0.5) is 211 Å². The van der Waals surface area contributed by atoms with Crippen LogP contribution in [0.2, 0.25) is 36.3 Å². The Bertz CT molecular complexity index is 6610. The predicted octanol–water partition coefficient (Wildman–Crippen LogP) is 25.4. The molecule has 3 atom stereocenters. The molecule has 0 unspecified atom stereocenters. The monoisotopic (exact) mass is 2110 g/mol. The van der Waals surface area contributed by atoms with Gasteiger partial charge >= 0.3 is 114 Å². The summed E-state index contributed by atoms with van der Waals surface area (Å²) in [6, 6.07) is 0.577. The molecule has 7 heterocycles. The lowest BCUT2D eigenvalue weighted by Gasteiger charge is -2.40. The van der Waals surface area contributed by atoms with E-state index in [1.165, 1.54) is 4.98 Å². The van der Waals surface area contributed by atoms with Gasteiger partial charge in [-0.1, -0.05) is 53.4 Å². The molecule has 4 aromatic heterocycles. The summed E-state index contributed by atoms with van der Waals surface area (Å²) in [6.45, 7) is 17.7. The Morgan fingerprint density at radius 2 is 0.645 bits per heavy atom. The Morgan fingerprint density at radius 1 is 0.370 bits per heavy atom. The van der Waals surface area contributed by atoms with E-state index in [9.17, 15) is 9.59 Å². The topological polar surface area (TPSA) is 191 Å². The summed E-state index contributed by atoms with van der Waals surface area (Å²) in [6.07, 6.45) is -108. The first-order chi connectivity index (χ1) is 61.5. The normalized spacial score (nSPS) is 17.0. The molecule has 3 aliphatic rings. The smallest absolute Gasteiger partial charge is 0.414 e. The lowest BCUT2D eigenvalue weighted by Crippen LogP contribution is -2.56. The SMILES string of the molecule is CC(C)(C)[Si](C)(C)OC[C@H]1O[C@@H](n2cc(C#Cc3ccc4c5nc6nc(nc7[nH]c(nc8nc(nc([nH]5)c4c3)-c3c(F)c(C(F)(C(F)(F)F)C(F)(F)F)c(C(F)(C(F)(F)F)C(F)(F)F)c(F)c3-8)c3c(F)c(C(F)(C(F)(F)F)C(F)(F)F)c(C(F)(C(F)(F)F)C(F)(F)F)c(F)c73)-c3c(F)c(C(F)(C(F)(F)F)C(F)(F)F)c(C(F)(C(F)(F)F)C(F)(F)F)c(F)c3-6)c(=O)[nH]c2=O)C[C@@H]1O[Si](C)(C)C(C)(C)C. The molecule has 15 nitrogen and oxygen atoms in total. The van der Waals surface area contributed by atoms with Crippen LogP contribution in [0.15, 0.2) is 34.0 Å². The van der Waals surface area contributed by atoms with Crippen molar-refractivity contribution in [3.8, 4) is 57.4 Å². The molecule has 760 valence electrons. The van der Waals surface area contributed by atoms with E-state index < -0.39 is 334 Å². The van der Waals surface area contributed by atoms with Gasteiger partial charge in [0.2, 0.25) is 0 Å². The second-order valence-corrected chi connectivity index (χ2v) is 43.1. The number of nitrogens with zero attached hydrogens (tertiary/aromatic N) is 7. The second kappa shape index (κ2) is 32.0. The van der Waals surface area contributed by atoms with Crippen LogP contribution in [0, 0.1) is 46.7 Å². The summed E-state index contributed by atoms with van der Waals surface area (Å²) in [5, 5.41) is -12.3. The highest BCUT2D eigenvalue weighted by atomic mass is 28.4. The highest BCUT2D eigenvalue weighted by molar-refractivity contribution is 6.74. The minimum absolute atomic E-state index is 0.110. The van der Waals surface area contributed by atoms with Crippen LogP contribution in [0.5, 0.6) is 0 Å². The molecular weight excluding hydrogens is 2060 g/mol. The van der Waals surface area contributed by atoms with Gasteiger partial charge in [-0.3, -0.25) is 14.3 Å². The lowest BCUT2D eigenvalue weighted by atomic mass is 9.78. The molecule has 3 aliphatic heterocycles. The van der Waals surface area contributed by atoms with Gasteiger partial charge in [-0.2, -0.15) is 158 Å². The van der Waals surface area contributed by atoms with Crippen LogP contribution in [-0.4, -0.2) is 159 Å². The van der Waals surface area contributed by atoms with Crippen molar-refractivity contribution in [3.05, 3.63) is 125 Å². The Hall–Kier alpha value is -10.6. The van der Waals surface area contributed by atoms with Crippen molar-refractivity contribution in [1.82, 2.24) is 49.4 Å². The average molecular weight is 2110 g/mol. The van der Waals surface area contributed by atoms with Crippen LogP contribution in [-0.2, 0) is 47.6 Å². The highest BCUT2D eigenvalue weighted by Crippen LogP contribution is 2.69. The largest absolute Gasteiger partial charge is 0.436 e. The van der Waals surface area contributed by atoms with Crippen molar-refractivity contribution in [3.63, 3.8) is 0 Å².